The quantitative estimate of drug-likeness (QED) is 0.594. The number of aryl methyl sites for hydroxylation is 1. The second-order valence-electron chi connectivity index (χ2n) is 5.53. The van der Waals surface area contributed by atoms with Crippen LogP contribution in [-0.2, 0) is 6.42 Å². The van der Waals surface area contributed by atoms with Crippen molar-refractivity contribution in [2.45, 2.75) is 40.0 Å². The number of H-pyrrole nitrogens is 1. The Kier molecular flexibility index (Phi) is 5.35. The van der Waals surface area contributed by atoms with Crippen LogP contribution in [0.25, 0.3) is 0 Å². The molecule has 0 saturated carbocycles. The minimum Gasteiger partial charge on any atom is -0.396 e. The van der Waals surface area contributed by atoms with Crippen molar-refractivity contribution in [3.63, 3.8) is 0 Å². The number of carbonyl (C=O) groups is 1. The summed E-state index contributed by atoms with van der Waals surface area (Å²) in [5, 5.41) is 18.5. The normalized spacial score (nSPS) is 11.6. The van der Waals surface area contributed by atoms with Crippen molar-refractivity contribution in [2.24, 2.45) is 5.41 Å². The molecule has 0 bridgehead atoms. The van der Waals surface area contributed by atoms with E-state index in [0.29, 0.717) is 18.7 Å². The van der Waals surface area contributed by atoms with E-state index in [0.717, 1.165) is 18.5 Å². The number of anilines is 1. The van der Waals surface area contributed by atoms with Gasteiger partial charge in [-0.15, -0.1) is 0 Å². The smallest absolute Gasteiger partial charge is 0.273 e. The first-order chi connectivity index (χ1) is 8.91. The Morgan fingerprint density at radius 3 is 2.79 bits per heavy atom. The number of nitrogens with one attached hydrogen (secondary N) is 2. The number of nitrogen functional groups attached to an aromatic ring is 1. The highest BCUT2D eigenvalue weighted by Gasteiger charge is 2.21. The maximum absolute atomic E-state index is 12.0. The van der Waals surface area contributed by atoms with Crippen LogP contribution in [-0.4, -0.2) is 34.4 Å². The molecule has 0 radical (unpaired) electrons. The van der Waals surface area contributed by atoms with Gasteiger partial charge in [0.25, 0.3) is 5.91 Å². The highest BCUT2D eigenvalue weighted by molar-refractivity contribution is 5.97. The van der Waals surface area contributed by atoms with E-state index in [1.165, 1.54) is 0 Å². The number of aromatic amines is 1. The van der Waals surface area contributed by atoms with Gasteiger partial charge in [-0.2, -0.15) is 5.10 Å². The predicted octanol–water partition coefficient (Wildman–Crippen LogP) is 1.08. The van der Waals surface area contributed by atoms with Crippen molar-refractivity contribution in [1.29, 1.82) is 0 Å². The Labute approximate surface area is 113 Å². The number of rotatable bonds is 7. The number of nitrogens with zero attached hydrogens (tertiary/aromatic N) is 1. The molecule has 1 aromatic rings. The first kappa shape index (κ1) is 15.5. The fourth-order valence-electron chi connectivity index (χ4n) is 1.79. The van der Waals surface area contributed by atoms with Gasteiger partial charge in [-0.1, -0.05) is 27.2 Å². The standard InChI is InChI=1S/C13H24N4O2/c1-4-5-9-10(14)11(17-16-9)12(19)15-8-13(2,3)6-7-18/h18H,4-8,14H2,1-3H3,(H,15,19)(H,16,17). The first-order valence-electron chi connectivity index (χ1n) is 6.63. The molecule has 0 saturated heterocycles. The third-order valence-electron chi connectivity index (χ3n) is 3.11. The number of aliphatic hydroxyl groups is 1. The van der Waals surface area contributed by atoms with E-state index in [2.05, 4.69) is 15.5 Å². The molecule has 0 unspecified atom stereocenters. The lowest BCUT2D eigenvalue weighted by Crippen LogP contribution is -2.35. The van der Waals surface area contributed by atoms with E-state index in [1.54, 1.807) is 0 Å². The number of amides is 1. The monoisotopic (exact) mass is 268 g/mol. The van der Waals surface area contributed by atoms with Gasteiger partial charge in [0.2, 0.25) is 0 Å². The van der Waals surface area contributed by atoms with Crippen molar-refractivity contribution in [2.75, 3.05) is 18.9 Å². The minimum atomic E-state index is -0.276. The zero-order chi connectivity index (χ0) is 14.5. The highest BCUT2D eigenvalue weighted by Crippen LogP contribution is 2.19. The second-order valence-corrected chi connectivity index (χ2v) is 5.53. The molecule has 6 heteroatoms. The molecule has 0 aliphatic carbocycles. The average Bonchev–Trinajstić information content (AvgIpc) is 2.69. The summed E-state index contributed by atoms with van der Waals surface area (Å²) in [7, 11) is 0. The molecule has 108 valence electrons. The molecular weight excluding hydrogens is 244 g/mol. The largest absolute Gasteiger partial charge is 0.396 e. The van der Waals surface area contributed by atoms with Crippen LogP contribution in [0.1, 0.15) is 49.8 Å². The van der Waals surface area contributed by atoms with Gasteiger partial charge >= 0.3 is 0 Å². The Hall–Kier alpha value is -1.56. The highest BCUT2D eigenvalue weighted by atomic mass is 16.3. The molecule has 0 aliphatic heterocycles. The fraction of sp³-hybridized carbons (Fsp3) is 0.692. The van der Waals surface area contributed by atoms with Gasteiger partial charge in [-0.25, -0.2) is 0 Å². The summed E-state index contributed by atoms with van der Waals surface area (Å²) in [4.78, 5) is 12.0. The summed E-state index contributed by atoms with van der Waals surface area (Å²) in [5.41, 5.74) is 7.23. The molecule has 0 aliphatic rings. The number of carbonyl (C=O) groups excluding carboxylic acids is 1. The van der Waals surface area contributed by atoms with Crippen LogP contribution in [0.3, 0.4) is 0 Å². The Morgan fingerprint density at radius 1 is 1.53 bits per heavy atom. The van der Waals surface area contributed by atoms with Gasteiger partial charge in [-0.05, 0) is 18.3 Å². The van der Waals surface area contributed by atoms with Gasteiger partial charge in [0.05, 0.1) is 11.4 Å². The molecular formula is C13H24N4O2. The number of aliphatic hydroxyl groups excluding tert-OH is 1. The Bertz CT molecular complexity index is 426. The zero-order valence-corrected chi connectivity index (χ0v) is 11.9. The van der Waals surface area contributed by atoms with E-state index in [9.17, 15) is 4.79 Å². The molecule has 0 aromatic carbocycles. The second kappa shape index (κ2) is 6.56. The Balaban J connectivity index is 2.64. The third kappa shape index (κ3) is 4.24. The van der Waals surface area contributed by atoms with Crippen LogP contribution in [0.5, 0.6) is 0 Å². The number of hydrogen-bond donors (Lipinski definition) is 4. The van der Waals surface area contributed by atoms with Crippen LogP contribution in [0.2, 0.25) is 0 Å². The summed E-state index contributed by atoms with van der Waals surface area (Å²) in [6.45, 7) is 6.59. The van der Waals surface area contributed by atoms with E-state index in [-0.39, 0.29) is 23.6 Å². The number of aromatic nitrogens is 2. The lowest BCUT2D eigenvalue weighted by molar-refractivity contribution is 0.0924. The van der Waals surface area contributed by atoms with Crippen LogP contribution in [0.15, 0.2) is 0 Å². The third-order valence-corrected chi connectivity index (χ3v) is 3.11. The molecule has 6 nitrogen and oxygen atoms in total. The Morgan fingerprint density at radius 2 is 2.21 bits per heavy atom. The predicted molar refractivity (Wildman–Crippen MR) is 74.8 cm³/mol. The van der Waals surface area contributed by atoms with Crippen LogP contribution >= 0.6 is 0 Å². The number of hydrogen-bond acceptors (Lipinski definition) is 4. The van der Waals surface area contributed by atoms with Crippen molar-refractivity contribution in [1.82, 2.24) is 15.5 Å². The molecule has 0 atom stereocenters. The molecule has 0 spiro atoms. The van der Waals surface area contributed by atoms with Crippen molar-refractivity contribution < 1.29 is 9.90 Å². The maximum Gasteiger partial charge on any atom is 0.273 e. The topological polar surface area (TPSA) is 104 Å². The molecule has 1 amide bonds. The SMILES string of the molecule is CCCc1[nH]nc(C(=O)NCC(C)(C)CCO)c1N. The van der Waals surface area contributed by atoms with Gasteiger partial charge in [0, 0.05) is 13.2 Å². The van der Waals surface area contributed by atoms with E-state index < -0.39 is 0 Å². The van der Waals surface area contributed by atoms with E-state index in [1.807, 2.05) is 20.8 Å². The van der Waals surface area contributed by atoms with Gasteiger partial charge < -0.3 is 16.2 Å². The van der Waals surface area contributed by atoms with Gasteiger partial charge in [0.1, 0.15) is 0 Å². The lowest BCUT2D eigenvalue weighted by atomic mass is 9.90. The van der Waals surface area contributed by atoms with Crippen LogP contribution in [0, 0.1) is 5.41 Å². The number of nitrogens with two attached hydrogens (primary N) is 1. The van der Waals surface area contributed by atoms with Crippen molar-refractivity contribution >= 4 is 11.6 Å². The summed E-state index contributed by atoms with van der Waals surface area (Å²) >= 11 is 0. The van der Waals surface area contributed by atoms with E-state index >= 15 is 0 Å². The van der Waals surface area contributed by atoms with Crippen LogP contribution in [0.4, 0.5) is 5.69 Å². The summed E-state index contributed by atoms with van der Waals surface area (Å²) in [6, 6.07) is 0. The van der Waals surface area contributed by atoms with Gasteiger partial charge in [-0.3, -0.25) is 9.89 Å². The zero-order valence-electron chi connectivity index (χ0n) is 11.9. The summed E-state index contributed by atoms with van der Waals surface area (Å²) in [5.74, 6) is -0.276. The van der Waals surface area contributed by atoms with Gasteiger partial charge in [0.15, 0.2) is 5.69 Å². The van der Waals surface area contributed by atoms with Crippen molar-refractivity contribution in [3.05, 3.63) is 11.4 Å². The molecule has 1 heterocycles. The molecule has 5 N–H and O–H groups in total. The molecule has 0 fully saturated rings. The van der Waals surface area contributed by atoms with E-state index in [4.69, 9.17) is 10.8 Å². The summed E-state index contributed by atoms with van der Waals surface area (Å²) in [6.07, 6.45) is 2.35. The summed E-state index contributed by atoms with van der Waals surface area (Å²) < 4.78 is 0. The van der Waals surface area contributed by atoms with Crippen molar-refractivity contribution in [3.8, 4) is 0 Å². The van der Waals surface area contributed by atoms with Crippen LogP contribution < -0.4 is 11.1 Å². The molecule has 19 heavy (non-hydrogen) atoms. The lowest BCUT2D eigenvalue weighted by Gasteiger charge is -2.23. The minimum absolute atomic E-state index is 0.105. The first-order valence-corrected chi connectivity index (χ1v) is 6.63. The molecule has 1 aromatic heterocycles. The fourth-order valence-corrected chi connectivity index (χ4v) is 1.79. The average molecular weight is 268 g/mol. The molecule has 1 rings (SSSR count). The maximum atomic E-state index is 12.0.